The standard InChI is InChI=1S/C11H16BBrN4/c1-3-8-7(13)4-5-9(16-8)11(14)10(6-12)17(2)15/h4-5H,3,6,14-15H2,1-2H3/b11-10-. The minimum absolute atomic E-state index is 0.276. The second kappa shape index (κ2) is 6.07. The fourth-order valence-electron chi connectivity index (χ4n) is 1.47. The Morgan fingerprint density at radius 3 is 2.65 bits per heavy atom. The average molecular weight is 295 g/mol. The van der Waals surface area contributed by atoms with Gasteiger partial charge in [0.05, 0.1) is 24.9 Å². The largest absolute Gasteiger partial charge is 0.396 e. The highest BCUT2D eigenvalue weighted by atomic mass is 79.9. The summed E-state index contributed by atoms with van der Waals surface area (Å²) in [6.07, 6.45) is 1.11. The van der Waals surface area contributed by atoms with Crippen LogP contribution in [0.3, 0.4) is 0 Å². The lowest BCUT2D eigenvalue weighted by molar-refractivity contribution is 0.443. The molecule has 0 spiro atoms. The Bertz CT molecular complexity index is 431. The number of hydrogen-bond donors (Lipinski definition) is 2. The molecule has 17 heavy (non-hydrogen) atoms. The molecule has 1 heterocycles. The SMILES string of the molecule is [B]C/C(=C(/N)c1ccc(Br)c(CC)n1)N(C)N. The van der Waals surface area contributed by atoms with E-state index in [4.69, 9.17) is 19.4 Å². The molecule has 0 fully saturated rings. The predicted molar refractivity (Wildman–Crippen MR) is 74.9 cm³/mol. The van der Waals surface area contributed by atoms with Crippen LogP contribution in [0.1, 0.15) is 18.3 Å². The van der Waals surface area contributed by atoms with Crippen LogP contribution in [-0.4, -0.2) is 24.9 Å². The van der Waals surface area contributed by atoms with Crippen LogP contribution in [0.2, 0.25) is 6.32 Å². The molecule has 6 heteroatoms. The summed E-state index contributed by atoms with van der Waals surface area (Å²) in [5.41, 5.74) is 8.86. The lowest BCUT2D eigenvalue weighted by Gasteiger charge is -2.18. The summed E-state index contributed by atoms with van der Waals surface area (Å²) in [7, 11) is 7.32. The molecule has 1 rings (SSSR count). The van der Waals surface area contributed by atoms with E-state index in [1.54, 1.807) is 7.05 Å². The van der Waals surface area contributed by atoms with Crippen molar-refractivity contribution in [2.24, 2.45) is 11.6 Å². The second-order valence-corrected chi connectivity index (χ2v) is 4.51. The topological polar surface area (TPSA) is 68.2 Å². The predicted octanol–water partition coefficient (Wildman–Crippen LogP) is 1.43. The van der Waals surface area contributed by atoms with Gasteiger partial charge in [0.25, 0.3) is 0 Å². The zero-order valence-corrected chi connectivity index (χ0v) is 11.7. The molecule has 0 aliphatic carbocycles. The fourth-order valence-corrected chi connectivity index (χ4v) is 1.98. The molecule has 0 unspecified atom stereocenters. The van der Waals surface area contributed by atoms with E-state index in [9.17, 15) is 0 Å². The van der Waals surface area contributed by atoms with Crippen LogP contribution in [0.15, 0.2) is 22.3 Å². The van der Waals surface area contributed by atoms with Crippen molar-refractivity contribution in [2.75, 3.05) is 7.05 Å². The molecule has 0 aliphatic rings. The third-order valence-electron chi connectivity index (χ3n) is 2.46. The lowest BCUT2D eigenvalue weighted by atomic mass is 9.99. The number of halogens is 1. The van der Waals surface area contributed by atoms with Crippen molar-refractivity contribution >= 4 is 29.5 Å². The molecular formula is C11H16BBrN4. The summed E-state index contributed by atoms with van der Waals surface area (Å²) in [6.45, 7) is 2.04. The van der Waals surface area contributed by atoms with E-state index in [2.05, 4.69) is 20.9 Å². The van der Waals surface area contributed by atoms with Crippen LogP contribution in [0.4, 0.5) is 0 Å². The van der Waals surface area contributed by atoms with Crippen molar-refractivity contribution in [1.82, 2.24) is 9.99 Å². The van der Waals surface area contributed by atoms with E-state index < -0.39 is 0 Å². The number of hydrazine groups is 1. The van der Waals surface area contributed by atoms with Crippen LogP contribution < -0.4 is 11.6 Å². The Balaban J connectivity index is 3.24. The van der Waals surface area contributed by atoms with Gasteiger partial charge >= 0.3 is 0 Å². The van der Waals surface area contributed by atoms with Gasteiger partial charge in [0.2, 0.25) is 0 Å². The monoisotopic (exact) mass is 294 g/mol. The van der Waals surface area contributed by atoms with Crippen LogP contribution in [0, 0.1) is 0 Å². The molecule has 0 aliphatic heterocycles. The lowest BCUT2D eigenvalue weighted by Crippen LogP contribution is -2.27. The van der Waals surface area contributed by atoms with Crippen molar-refractivity contribution in [3.8, 4) is 0 Å². The highest BCUT2D eigenvalue weighted by molar-refractivity contribution is 9.10. The molecule has 90 valence electrons. The number of nitrogens with two attached hydrogens (primary N) is 2. The van der Waals surface area contributed by atoms with E-state index in [-0.39, 0.29) is 6.32 Å². The number of hydrogen-bond acceptors (Lipinski definition) is 4. The number of pyridine rings is 1. The maximum absolute atomic E-state index is 6.02. The molecule has 1 aromatic rings. The molecule has 4 N–H and O–H groups in total. The van der Waals surface area contributed by atoms with Gasteiger partial charge < -0.3 is 10.7 Å². The van der Waals surface area contributed by atoms with Gasteiger partial charge in [0, 0.05) is 17.2 Å². The van der Waals surface area contributed by atoms with Crippen molar-refractivity contribution in [2.45, 2.75) is 19.7 Å². The highest BCUT2D eigenvalue weighted by Crippen LogP contribution is 2.20. The number of rotatable bonds is 4. The maximum atomic E-state index is 6.02. The molecule has 2 radical (unpaired) electrons. The zero-order chi connectivity index (χ0) is 13.0. The van der Waals surface area contributed by atoms with Crippen LogP contribution in [-0.2, 0) is 6.42 Å². The third kappa shape index (κ3) is 3.23. The maximum Gasteiger partial charge on any atom is 0.0881 e. The van der Waals surface area contributed by atoms with E-state index in [0.717, 1.165) is 16.6 Å². The minimum atomic E-state index is 0.276. The molecule has 0 saturated heterocycles. The minimum Gasteiger partial charge on any atom is -0.396 e. The normalized spacial score (nSPS) is 12.2. The van der Waals surface area contributed by atoms with Crippen LogP contribution >= 0.6 is 15.9 Å². The van der Waals surface area contributed by atoms with Gasteiger partial charge in [-0.15, -0.1) is 0 Å². The first-order chi connectivity index (χ1) is 8.01. The van der Waals surface area contributed by atoms with Gasteiger partial charge in [-0.05, 0) is 40.8 Å². The van der Waals surface area contributed by atoms with Crippen molar-refractivity contribution in [3.63, 3.8) is 0 Å². The fraction of sp³-hybridized carbons (Fsp3) is 0.364. The quantitative estimate of drug-likeness (QED) is 0.501. The Hall–Kier alpha value is -1.01. The molecule has 0 saturated carbocycles. The van der Waals surface area contributed by atoms with Gasteiger partial charge in [0.1, 0.15) is 0 Å². The summed E-state index contributed by atoms with van der Waals surface area (Å²) < 4.78 is 0.979. The Kier molecular flexibility index (Phi) is 5.02. The number of aryl methyl sites for hydroxylation is 1. The summed E-state index contributed by atoms with van der Waals surface area (Å²) in [5, 5.41) is 1.42. The summed E-state index contributed by atoms with van der Waals surface area (Å²) in [6, 6.07) is 3.77. The van der Waals surface area contributed by atoms with Crippen molar-refractivity contribution in [3.05, 3.63) is 33.7 Å². The molecular weight excluding hydrogens is 279 g/mol. The number of allylic oxidation sites excluding steroid dienone is 1. The molecule has 0 bridgehead atoms. The Labute approximate surface area is 112 Å². The van der Waals surface area contributed by atoms with Gasteiger partial charge in [-0.3, -0.25) is 4.98 Å². The molecule has 4 nitrogen and oxygen atoms in total. The summed E-state index contributed by atoms with van der Waals surface area (Å²) in [5.74, 6) is 5.66. The van der Waals surface area contributed by atoms with Crippen LogP contribution in [0.25, 0.3) is 5.70 Å². The second-order valence-electron chi connectivity index (χ2n) is 3.65. The van der Waals surface area contributed by atoms with E-state index in [0.29, 0.717) is 17.1 Å². The van der Waals surface area contributed by atoms with Crippen LogP contribution in [0.5, 0.6) is 0 Å². The third-order valence-corrected chi connectivity index (χ3v) is 3.18. The number of aromatic nitrogens is 1. The first kappa shape index (κ1) is 14.1. The highest BCUT2D eigenvalue weighted by Gasteiger charge is 2.09. The van der Waals surface area contributed by atoms with Gasteiger partial charge in [-0.25, -0.2) is 5.84 Å². The van der Waals surface area contributed by atoms with Crippen molar-refractivity contribution in [1.29, 1.82) is 0 Å². The van der Waals surface area contributed by atoms with Gasteiger partial charge in [-0.1, -0.05) is 6.92 Å². The molecule has 0 amide bonds. The summed E-state index contributed by atoms with van der Waals surface area (Å²) in [4.78, 5) is 4.47. The molecule has 1 aromatic heterocycles. The van der Waals surface area contributed by atoms with E-state index >= 15 is 0 Å². The first-order valence-electron chi connectivity index (χ1n) is 5.34. The Morgan fingerprint density at radius 1 is 1.53 bits per heavy atom. The van der Waals surface area contributed by atoms with E-state index in [1.165, 1.54) is 5.01 Å². The number of nitrogens with zero attached hydrogens (tertiary/aromatic N) is 2. The van der Waals surface area contributed by atoms with Crippen molar-refractivity contribution < 1.29 is 0 Å². The Morgan fingerprint density at radius 2 is 2.18 bits per heavy atom. The van der Waals surface area contributed by atoms with Gasteiger partial charge in [0.15, 0.2) is 0 Å². The smallest absolute Gasteiger partial charge is 0.0881 e. The molecule has 0 atom stereocenters. The summed E-state index contributed by atoms with van der Waals surface area (Å²) >= 11 is 3.44. The molecule has 0 aromatic carbocycles. The van der Waals surface area contributed by atoms with E-state index in [1.807, 2.05) is 19.1 Å². The van der Waals surface area contributed by atoms with Gasteiger partial charge in [-0.2, -0.15) is 0 Å². The first-order valence-corrected chi connectivity index (χ1v) is 6.13. The average Bonchev–Trinajstić information content (AvgIpc) is 2.29. The zero-order valence-electron chi connectivity index (χ0n) is 10.1.